The number of para-hydroxylation sites is 1. The monoisotopic (exact) mass is 619 g/mol. The summed E-state index contributed by atoms with van der Waals surface area (Å²) in [5.74, 6) is 0.641. The van der Waals surface area contributed by atoms with Gasteiger partial charge in [-0.15, -0.1) is 0 Å². The van der Waals surface area contributed by atoms with Gasteiger partial charge in [-0.3, -0.25) is 0 Å². The summed E-state index contributed by atoms with van der Waals surface area (Å²) in [4.78, 5) is 3.43. The van der Waals surface area contributed by atoms with E-state index in [0.717, 1.165) is 57.6 Å². The third-order valence-electron chi connectivity index (χ3n) is 7.12. The maximum atomic E-state index is 13.3. The summed E-state index contributed by atoms with van der Waals surface area (Å²) in [7, 11) is 0. The van der Waals surface area contributed by atoms with Gasteiger partial charge in [-0.25, -0.2) is 0 Å². The van der Waals surface area contributed by atoms with Gasteiger partial charge < -0.3 is 25.9 Å². The Morgan fingerprint density at radius 2 is 0.956 bits per heavy atom. The summed E-state index contributed by atoms with van der Waals surface area (Å²) in [6, 6.07) is 28.2. The number of ether oxygens (including phenoxy) is 2. The Bertz CT molecular complexity index is 2000. The van der Waals surface area contributed by atoms with Crippen molar-refractivity contribution in [1.29, 1.82) is 0 Å². The molecule has 0 spiro atoms. The highest BCUT2D eigenvalue weighted by molar-refractivity contribution is 6.03. The topological polar surface area (TPSA) is 86.3 Å². The van der Waals surface area contributed by atoms with Crippen LogP contribution in [0.4, 0.5) is 37.7 Å². The molecule has 0 bridgehead atoms. The second kappa shape index (κ2) is 11.2. The van der Waals surface area contributed by atoms with Gasteiger partial charge in [0.2, 0.25) is 0 Å². The van der Waals surface area contributed by atoms with Crippen molar-refractivity contribution in [1.82, 2.24) is 4.98 Å². The molecule has 0 aliphatic heterocycles. The third kappa shape index (κ3) is 6.10. The smallest absolute Gasteiger partial charge is 0.418 e. The molecule has 228 valence electrons. The molecular formula is C34H23F6N3O2. The standard InChI is InChI=1S/C34H23F6N3O2/c35-33(36,37)26-17-23(13-15-28(26)41)44-21-9-5-19(6-10-21)31-25-3-1-2-4-30(25)43-32(31)20-7-11-22(12-8-20)45-24-14-16-29(42)27(18-24)34(38,39)40/h1-18,43H,41-42H2. The molecule has 6 aromatic rings. The molecule has 0 radical (unpaired) electrons. The Morgan fingerprint density at radius 1 is 0.511 bits per heavy atom. The lowest BCUT2D eigenvalue weighted by atomic mass is 9.98. The van der Waals surface area contributed by atoms with Crippen molar-refractivity contribution in [3.05, 3.63) is 120 Å². The number of hydrogen-bond acceptors (Lipinski definition) is 4. The van der Waals surface area contributed by atoms with Crippen molar-refractivity contribution < 1.29 is 35.8 Å². The summed E-state index contributed by atoms with van der Waals surface area (Å²) in [6.45, 7) is 0. The minimum absolute atomic E-state index is 0.00651. The molecule has 0 amide bonds. The Balaban J connectivity index is 1.29. The van der Waals surface area contributed by atoms with E-state index in [2.05, 4.69) is 4.98 Å². The molecule has 45 heavy (non-hydrogen) atoms. The van der Waals surface area contributed by atoms with Crippen LogP contribution in [-0.4, -0.2) is 4.98 Å². The SMILES string of the molecule is Nc1ccc(Oc2ccc(-c3[nH]c4ccccc4c3-c3ccc(Oc4ccc(N)c(C(F)(F)F)c4)cc3)cc2)cc1C(F)(F)F. The van der Waals surface area contributed by atoms with Crippen LogP contribution in [0, 0.1) is 0 Å². The lowest BCUT2D eigenvalue weighted by Gasteiger charge is -2.13. The van der Waals surface area contributed by atoms with E-state index in [0.29, 0.717) is 11.5 Å². The van der Waals surface area contributed by atoms with Gasteiger partial charge in [-0.2, -0.15) is 26.3 Å². The number of nitrogens with two attached hydrogens (primary N) is 2. The quantitative estimate of drug-likeness (QED) is 0.128. The first-order valence-corrected chi connectivity index (χ1v) is 13.5. The lowest BCUT2D eigenvalue weighted by molar-refractivity contribution is -0.137. The van der Waals surface area contributed by atoms with Crippen LogP contribution in [0.25, 0.3) is 33.3 Å². The number of nitrogens with one attached hydrogen (secondary N) is 1. The number of H-pyrrole nitrogens is 1. The first kappa shape index (κ1) is 29.5. The molecular weight excluding hydrogens is 596 g/mol. The summed E-state index contributed by atoms with van der Waals surface area (Å²) in [5, 5.41) is 0.927. The van der Waals surface area contributed by atoms with Crippen LogP contribution in [0.1, 0.15) is 11.1 Å². The summed E-state index contributed by atoms with van der Waals surface area (Å²) < 4.78 is 91.0. The molecule has 0 aliphatic rings. The van der Waals surface area contributed by atoms with Crippen LogP contribution in [0.2, 0.25) is 0 Å². The number of anilines is 2. The minimum atomic E-state index is -4.61. The maximum Gasteiger partial charge on any atom is 0.418 e. The van der Waals surface area contributed by atoms with Gasteiger partial charge in [0.1, 0.15) is 23.0 Å². The second-order valence-electron chi connectivity index (χ2n) is 10.2. The zero-order valence-electron chi connectivity index (χ0n) is 23.1. The zero-order chi connectivity index (χ0) is 31.9. The van der Waals surface area contributed by atoms with E-state index in [4.69, 9.17) is 20.9 Å². The van der Waals surface area contributed by atoms with Crippen molar-refractivity contribution in [3.63, 3.8) is 0 Å². The van der Waals surface area contributed by atoms with Gasteiger partial charge in [-0.05, 0) is 90.0 Å². The van der Waals surface area contributed by atoms with Crippen LogP contribution in [-0.2, 0) is 12.4 Å². The van der Waals surface area contributed by atoms with Gasteiger partial charge in [0.25, 0.3) is 0 Å². The highest BCUT2D eigenvalue weighted by Crippen LogP contribution is 2.41. The molecule has 0 aliphatic carbocycles. The van der Waals surface area contributed by atoms with Crippen LogP contribution in [0.5, 0.6) is 23.0 Å². The summed E-state index contributed by atoms with van der Waals surface area (Å²) >= 11 is 0. The Labute approximate surface area is 252 Å². The highest BCUT2D eigenvalue weighted by atomic mass is 19.4. The number of nitrogen functional groups attached to an aromatic ring is 2. The van der Waals surface area contributed by atoms with Crippen molar-refractivity contribution in [3.8, 4) is 45.4 Å². The molecule has 0 saturated carbocycles. The normalized spacial score (nSPS) is 12.0. The summed E-state index contributed by atoms with van der Waals surface area (Å²) in [5.41, 5.74) is 12.3. The average Bonchev–Trinajstić information content (AvgIpc) is 3.38. The molecule has 0 saturated heterocycles. The molecule has 11 heteroatoms. The Hall–Kier alpha value is -5.58. The molecule has 6 rings (SSSR count). The van der Waals surface area contributed by atoms with Crippen molar-refractivity contribution in [2.24, 2.45) is 0 Å². The van der Waals surface area contributed by atoms with E-state index in [9.17, 15) is 26.3 Å². The predicted octanol–water partition coefficient (Wildman–Crippen LogP) is 10.3. The first-order valence-electron chi connectivity index (χ1n) is 13.5. The fourth-order valence-electron chi connectivity index (χ4n) is 5.00. The van der Waals surface area contributed by atoms with E-state index in [1.54, 1.807) is 48.5 Å². The average molecular weight is 620 g/mol. The summed E-state index contributed by atoms with van der Waals surface area (Å²) in [6.07, 6.45) is -9.23. The van der Waals surface area contributed by atoms with E-state index in [1.807, 2.05) is 24.3 Å². The van der Waals surface area contributed by atoms with Crippen LogP contribution >= 0.6 is 0 Å². The number of fused-ring (bicyclic) bond motifs is 1. The number of benzene rings is 5. The number of rotatable bonds is 6. The number of halogens is 6. The van der Waals surface area contributed by atoms with Gasteiger partial charge in [0, 0.05) is 27.8 Å². The fraction of sp³-hybridized carbons (Fsp3) is 0.0588. The van der Waals surface area contributed by atoms with Gasteiger partial charge in [0.05, 0.1) is 16.8 Å². The number of hydrogen-bond donors (Lipinski definition) is 3. The van der Waals surface area contributed by atoms with Crippen LogP contribution in [0.3, 0.4) is 0 Å². The molecule has 1 heterocycles. The minimum Gasteiger partial charge on any atom is -0.457 e. The molecule has 5 aromatic carbocycles. The van der Waals surface area contributed by atoms with Crippen molar-refractivity contribution in [2.45, 2.75) is 12.4 Å². The van der Waals surface area contributed by atoms with E-state index < -0.39 is 34.9 Å². The van der Waals surface area contributed by atoms with E-state index in [1.165, 1.54) is 12.1 Å². The number of aromatic nitrogens is 1. The molecule has 0 unspecified atom stereocenters. The van der Waals surface area contributed by atoms with Gasteiger partial charge in [0.15, 0.2) is 0 Å². The zero-order valence-corrected chi connectivity index (χ0v) is 23.1. The third-order valence-corrected chi connectivity index (χ3v) is 7.12. The highest BCUT2D eigenvalue weighted by Gasteiger charge is 2.34. The maximum absolute atomic E-state index is 13.3. The van der Waals surface area contributed by atoms with E-state index >= 15 is 0 Å². The fourth-order valence-corrected chi connectivity index (χ4v) is 5.00. The van der Waals surface area contributed by atoms with Gasteiger partial charge in [-0.1, -0.05) is 30.3 Å². The van der Waals surface area contributed by atoms with Crippen molar-refractivity contribution >= 4 is 22.3 Å². The predicted molar refractivity (Wildman–Crippen MR) is 161 cm³/mol. The molecule has 1 aromatic heterocycles. The number of alkyl halides is 6. The molecule has 0 fully saturated rings. The van der Waals surface area contributed by atoms with Crippen LogP contribution in [0.15, 0.2) is 109 Å². The van der Waals surface area contributed by atoms with Crippen LogP contribution < -0.4 is 20.9 Å². The molecule has 0 atom stereocenters. The number of aromatic amines is 1. The first-order chi connectivity index (χ1) is 21.4. The largest absolute Gasteiger partial charge is 0.457 e. The van der Waals surface area contributed by atoms with E-state index in [-0.39, 0.29) is 11.5 Å². The Morgan fingerprint density at radius 3 is 1.44 bits per heavy atom. The lowest BCUT2D eigenvalue weighted by Crippen LogP contribution is -2.08. The van der Waals surface area contributed by atoms with Gasteiger partial charge >= 0.3 is 12.4 Å². The van der Waals surface area contributed by atoms with Crippen molar-refractivity contribution in [2.75, 3.05) is 11.5 Å². The molecule has 5 N–H and O–H groups in total. The second-order valence-corrected chi connectivity index (χ2v) is 10.2. The molecule has 5 nitrogen and oxygen atoms in total. The Kier molecular flexibility index (Phi) is 7.32.